The SMILES string of the molecule is COc1ccc(C(=O)Nc2cc(C)c(C(=O)O)s2)cc1O. The van der Waals surface area contributed by atoms with Crippen molar-refractivity contribution < 1.29 is 24.5 Å². The Kier molecular flexibility index (Phi) is 4.13. The topological polar surface area (TPSA) is 95.9 Å². The van der Waals surface area contributed by atoms with Crippen LogP contribution >= 0.6 is 11.3 Å². The maximum atomic E-state index is 12.1. The molecular weight excluding hydrogens is 294 g/mol. The van der Waals surface area contributed by atoms with Gasteiger partial charge in [0.25, 0.3) is 5.91 Å². The number of carbonyl (C=O) groups excluding carboxylic acids is 1. The summed E-state index contributed by atoms with van der Waals surface area (Å²) in [4.78, 5) is 23.2. The van der Waals surface area contributed by atoms with Crippen LogP contribution in [0, 0.1) is 6.92 Å². The molecule has 0 saturated heterocycles. The van der Waals surface area contributed by atoms with Crippen molar-refractivity contribution in [2.45, 2.75) is 6.92 Å². The molecule has 0 saturated carbocycles. The van der Waals surface area contributed by atoms with E-state index in [-0.39, 0.29) is 21.9 Å². The van der Waals surface area contributed by atoms with Gasteiger partial charge in [0, 0.05) is 5.56 Å². The molecule has 6 nitrogen and oxygen atoms in total. The normalized spacial score (nSPS) is 10.2. The fourth-order valence-corrected chi connectivity index (χ4v) is 2.68. The Bertz CT molecular complexity index is 707. The van der Waals surface area contributed by atoms with Crippen molar-refractivity contribution in [2.24, 2.45) is 0 Å². The molecule has 0 unspecified atom stereocenters. The van der Waals surface area contributed by atoms with E-state index in [2.05, 4.69) is 5.32 Å². The Morgan fingerprint density at radius 2 is 2.00 bits per heavy atom. The van der Waals surface area contributed by atoms with Gasteiger partial charge >= 0.3 is 5.97 Å². The summed E-state index contributed by atoms with van der Waals surface area (Å²) in [6, 6.07) is 5.86. The standard InChI is InChI=1S/C14H13NO5S/c1-7-5-11(21-12(7)14(18)19)15-13(17)8-3-4-10(20-2)9(16)6-8/h3-6,16H,1-2H3,(H,15,17)(H,18,19). The minimum Gasteiger partial charge on any atom is -0.504 e. The van der Waals surface area contributed by atoms with E-state index in [9.17, 15) is 14.7 Å². The average molecular weight is 307 g/mol. The predicted molar refractivity (Wildman–Crippen MR) is 78.6 cm³/mol. The lowest BCUT2D eigenvalue weighted by atomic mass is 10.2. The maximum Gasteiger partial charge on any atom is 0.346 e. The second-order valence-electron chi connectivity index (χ2n) is 4.27. The number of hydrogen-bond acceptors (Lipinski definition) is 5. The van der Waals surface area contributed by atoms with Crippen LogP contribution in [0.15, 0.2) is 24.3 Å². The van der Waals surface area contributed by atoms with Crippen molar-refractivity contribution in [1.29, 1.82) is 0 Å². The highest BCUT2D eigenvalue weighted by molar-refractivity contribution is 7.18. The van der Waals surface area contributed by atoms with Crippen LogP contribution < -0.4 is 10.1 Å². The van der Waals surface area contributed by atoms with Crippen LogP contribution in [0.25, 0.3) is 0 Å². The molecule has 0 spiro atoms. The van der Waals surface area contributed by atoms with Crippen LogP contribution in [0.2, 0.25) is 0 Å². The number of hydrogen-bond donors (Lipinski definition) is 3. The van der Waals surface area contributed by atoms with Crippen LogP contribution in [0.5, 0.6) is 11.5 Å². The van der Waals surface area contributed by atoms with Gasteiger partial charge in [0.2, 0.25) is 0 Å². The highest BCUT2D eigenvalue weighted by Crippen LogP contribution is 2.29. The van der Waals surface area contributed by atoms with Crippen LogP contribution in [0.4, 0.5) is 5.00 Å². The summed E-state index contributed by atoms with van der Waals surface area (Å²) < 4.78 is 4.90. The first-order valence-corrected chi connectivity index (χ1v) is 6.76. The molecule has 1 aromatic carbocycles. The molecule has 1 heterocycles. The van der Waals surface area contributed by atoms with Gasteiger partial charge in [-0.2, -0.15) is 0 Å². The molecule has 21 heavy (non-hydrogen) atoms. The quantitative estimate of drug-likeness (QED) is 0.807. The number of thiophene rings is 1. The molecule has 0 aliphatic heterocycles. The number of carboxylic acids is 1. The van der Waals surface area contributed by atoms with Gasteiger partial charge in [-0.3, -0.25) is 4.79 Å². The van der Waals surface area contributed by atoms with Gasteiger partial charge in [0.05, 0.1) is 12.1 Å². The molecule has 0 fully saturated rings. The zero-order valence-corrected chi connectivity index (χ0v) is 12.2. The van der Waals surface area contributed by atoms with Gasteiger partial charge in [0.15, 0.2) is 11.5 Å². The van der Waals surface area contributed by atoms with E-state index in [1.807, 2.05) is 0 Å². The Morgan fingerprint density at radius 1 is 1.29 bits per heavy atom. The van der Waals surface area contributed by atoms with Gasteiger partial charge in [0.1, 0.15) is 4.88 Å². The highest BCUT2D eigenvalue weighted by atomic mass is 32.1. The molecule has 7 heteroatoms. The summed E-state index contributed by atoms with van der Waals surface area (Å²) in [7, 11) is 1.41. The van der Waals surface area contributed by atoms with Crippen LogP contribution in [-0.4, -0.2) is 29.2 Å². The Hall–Kier alpha value is -2.54. The molecule has 2 aromatic rings. The lowest BCUT2D eigenvalue weighted by Gasteiger charge is -2.06. The van der Waals surface area contributed by atoms with E-state index in [0.717, 1.165) is 11.3 Å². The second-order valence-corrected chi connectivity index (χ2v) is 5.32. The summed E-state index contributed by atoms with van der Waals surface area (Å²) in [5.74, 6) is -1.34. The van der Waals surface area contributed by atoms with Crippen molar-refractivity contribution in [3.63, 3.8) is 0 Å². The summed E-state index contributed by atoms with van der Waals surface area (Å²) in [6.45, 7) is 1.66. The average Bonchev–Trinajstić information content (AvgIpc) is 2.79. The number of ether oxygens (including phenoxy) is 1. The summed E-state index contributed by atoms with van der Waals surface area (Å²) in [5, 5.41) is 21.7. The van der Waals surface area contributed by atoms with E-state index in [1.165, 1.54) is 25.3 Å². The number of aryl methyl sites for hydroxylation is 1. The number of amides is 1. The summed E-state index contributed by atoms with van der Waals surface area (Å²) in [6.07, 6.45) is 0. The summed E-state index contributed by atoms with van der Waals surface area (Å²) in [5.41, 5.74) is 0.830. The molecular formula is C14H13NO5S. The van der Waals surface area contributed by atoms with Crippen molar-refractivity contribution in [1.82, 2.24) is 0 Å². The van der Waals surface area contributed by atoms with Crippen molar-refractivity contribution in [3.05, 3.63) is 40.3 Å². The number of benzene rings is 1. The smallest absolute Gasteiger partial charge is 0.346 e. The predicted octanol–water partition coefficient (Wildman–Crippen LogP) is 2.72. The van der Waals surface area contributed by atoms with Crippen LogP contribution in [-0.2, 0) is 0 Å². The van der Waals surface area contributed by atoms with Gasteiger partial charge in [-0.05, 0) is 36.8 Å². The van der Waals surface area contributed by atoms with Crippen LogP contribution in [0.1, 0.15) is 25.6 Å². The fourth-order valence-electron chi connectivity index (χ4n) is 1.77. The molecule has 2 rings (SSSR count). The largest absolute Gasteiger partial charge is 0.504 e. The van der Waals surface area contributed by atoms with Gasteiger partial charge in [-0.25, -0.2) is 4.79 Å². The molecule has 0 aliphatic rings. The first-order chi connectivity index (χ1) is 9.92. The number of anilines is 1. The maximum absolute atomic E-state index is 12.1. The molecule has 0 atom stereocenters. The third kappa shape index (κ3) is 3.14. The zero-order valence-electron chi connectivity index (χ0n) is 11.3. The van der Waals surface area contributed by atoms with E-state index in [4.69, 9.17) is 9.84 Å². The number of rotatable bonds is 4. The Morgan fingerprint density at radius 3 is 2.52 bits per heavy atom. The molecule has 0 radical (unpaired) electrons. The number of phenolic OH excluding ortho intramolecular Hbond substituents is 1. The van der Waals surface area contributed by atoms with Crippen molar-refractivity contribution >= 4 is 28.2 Å². The summed E-state index contributed by atoms with van der Waals surface area (Å²) >= 11 is 0.984. The van der Waals surface area contributed by atoms with Crippen LogP contribution in [0.3, 0.4) is 0 Å². The molecule has 1 aromatic heterocycles. The van der Waals surface area contributed by atoms with Crippen molar-refractivity contribution in [3.8, 4) is 11.5 Å². The molecule has 110 valence electrons. The van der Waals surface area contributed by atoms with Crippen molar-refractivity contribution in [2.75, 3.05) is 12.4 Å². The van der Waals surface area contributed by atoms with E-state index < -0.39 is 11.9 Å². The second kappa shape index (κ2) is 5.84. The highest BCUT2D eigenvalue weighted by Gasteiger charge is 2.15. The number of aromatic hydroxyl groups is 1. The Balaban J connectivity index is 2.20. The van der Waals surface area contributed by atoms with Gasteiger partial charge in [-0.1, -0.05) is 0 Å². The minimum absolute atomic E-state index is 0.140. The lowest BCUT2D eigenvalue weighted by molar-refractivity contribution is 0.0701. The fraction of sp³-hybridized carbons (Fsp3) is 0.143. The number of methoxy groups -OCH3 is 1. The third-order valence-electron chi connectivity index (χ3n) is 2.79. The number of carboxylic acid groups (broad SMARTS) is 1. The first kappa shape index (κ1) is 14.9. The molecule has 1 amide bonds. The minimum atomic E-state index is -1.03. The molecule has 3 N–H and O–H groups in total. The van der Waals surface area contributed by atoms with Gasteiger partial charge in [-0.15, -0.1) is 11.3 Å². The monoisotopic (exact) mass is 307 g/mol. The number of phenols is 1. The van der Waals surface area contributed by atoms with E-state index >= 15 is 0 Å². The number of carbonyl (C=O) groups is 2. The number of aromatic carboxylic acids is 1. The third-order valence-corrected chi connectivity index (χ3v) is 3.93. The molecule has 0 bridgehead atoms. The van der Waals surface area contributed by atoms with E-state index in [1.54, 1.807) is 13.0 Å². The molecule has 0 aliphatic carbocycles. The Labute approximate surface area is 124 Å². The van der Waals surface area contributed by atoms with E-state index in [0.29, 0.717) is 10.6 Å². The number of nitrogens with one attached hydrogen (secondary N) is 1. The first-order valence-electron chi connectivity index (χ1n) is 5.94. The lowest BCUT2D eigenvalue weighted by Crippen LogP contribution is -2.10. The zero-order chi connectivity index (χ0) is 15.6. The van der Waals surface area contributed by atoms with Gasteiger partial charge < -0.3 is 20.3 Å².